The van der Waals surface area contributed by atoms with Crippen LogP contribution in [0.25, 0.3) is 0 Å². The van der Waals surface area contributed by atoms with Gasteiger partial charge in [0.15, 0.2) is 0 Å². The maximum absolute atomic E-state index is 11.1. The summed E-state index contributed by atoms with van der Waals surface area (Å²) in [6.07, 6.45) is -1.16. The van der Waals surface area contributed by atoms with E-state index < -0.39 is 33.2 Å². The van der Waals surface area contributed by atoms with Crippen molar-refractivity contribution >= 4 is 16.2 Å². The van der Waals surface area contributed by atoms with E-state index in [9.17, 15) is 18.3 Å². The molecule has 0 radical (unpaired) electrons. The van der Waals surface area contributed by atoms with E-state index in [-0.39, 0.29) is 0 Å². The highest BCUT2D eigenvalue weighted by Gasteiger charge is 2.68. The van der Waals surface area contributed by atoms with Crippen LogP contribution in [0, 0.1) is 0 Å². The van der Waals surface area contributed by atoms with Crippen LogP contribution in [0.15, 0.2) is 5.70 Å². The highest BCUT2D eigenvalue weighted by Crippen LogP contribution is 2.49. The molecule has 92 valence electrons. The second-order valence-electron chi connectivity index (χ2n) is 4.30. The van der Waals surface area contributed by atoms with Crippen molar-refractivity contribution in [2.45, 2.75) is 38.0 Å². The fourth-order valence-electron chi connectivity index (χ4n) is 2.09. The predicted octanol–water partition coefficient (Wildman–Crippen LogP) is -1.32. The summed E-state index contributed by atoms with van der Waals surface area (Å²) in [6, 6.07) is 0. The maximum atomic E-state index is 11.1. The second-order valence-corrected chi connectivity index (χ2v) is 5.56. The Balaban J connectivity index is 3.41. The molecule has 2 unspecified atom stereocenters. The Kier molecular flexibility index (Phi) is 2.70. The molecule has 0 spiro atoms. The summed E-state index contributed by atoms with van der Waals surface area (Å²) < 4.78 is 31.5. The third kappa shape index (κ3) is 1.32. The van der Waals surface area contributed by atoms with Crippen LogP contribution in [-0.2, 0) is 15.1 Å². The molecule has 0 saturated carbocycles. The van der Waals surface area contributed by atoms with Gasteiger partial charge in [0.1, 0.15) is 17.2 Å². The van der Waals surface area contributed by atoms with Gasteiger partial charge in [-0.05, 0) is 20.8 Å². The number of carbonyl (C=O) groups excluding carboxylic acids is 1. The normalized spacial score (nSPS) is 30.6. The van der Waals surface area contributed by atoms with Crippen LogP contribution in [-0.4, -0.2) is 45.5 Å². The molecule has 0 aliphatic carbocycles. The van der Waals surface area contributed by atoms with Crippen molar-refractivity contribution < 1.29 is 22.9 Å². The van der Waals surface area contributed by atoms with Crippen molar-refractivity contribution in [2.24, 2.45) is 5.73 Å². The van der Waals surface area contributed by atoms with Crippen LogP contribution in [0.5, 0.6) is 0 Å². The zero-order valence-corrected chi connectivity index (χ0v) is 9.95. The third-order valence-corrected chi connectivity index (χ3v) is 4.20. The molecule has 0 aromatic carbocycles. The maximum Gasteiger partial charge on any atom is 0.360 e. The van der Waals surface area contributed by atoms with Crippen LogP contribution < -0.4 is 5.73 Å². The average molecular weight is 250 g/mol. The van der Waals surface area contributed by atoms with Crippen molar-refractivity contribution in [3.8, 4) is 0 Å². The zero-order chi connectivity index (χ0) is 12.9. The van der Waals surface area contributed by atoms with Gasteiger partial charge < -0.3 is 10.8 Å². The molecule has 7 nitrogen and oxygen atoms in total. The summed E-state index contributed by atoms with van der Waals surface area (Å²) in [7, 11) is -4.60. The van der Waals surface area contributed by atoms with E-state index in [1.165, 1.54) is 26.7 Å². The van der Waals surface area contributed by atoms with Gasteiger partial charge in [-0.1, -0.05) is 0 Å². The summed E-state index contributed by atoms with van der Waals surface area (Å²) in [4.78, 5) is 10.7. The van der Waals surface area contributed by atoms with Crippen molar-refractivity contribution in [1.82, 2.24) is 4.31 Å². The quantitative estimate of drug-likeness (QED) is 0.413. The van der Waals surface area contributed by atoms with Crippen molar-refractivity contribution in [1.29, 1.82) is 0 Å². The van der Waals surface area contributed by atoms with E-state index in [1.54, 1.807) is 0 Å². The topological polar surface area (TPSA) is 121 Å². The van der Waals surface area contributed by atoms with Gasteiger partial charge >= 0.3 is 10.3 Å². The van der Waals surface area contributed by atoms with Gasteiger partial charge in [-0.3, -0.25) is 4.55 Å². The van der Waals surface area contributed by atoms with Gasteiger partial charge in [0.05, 0.1) is 11.6 Å². The minimum Gasteiger partial charge on any atom is -0.391 e. The van der Waals surface area contributed by atoms with Gasteiger partial charge in [-0.2, -0.15) is 8.42 Å². The van der Waals surface area contributed by atoms with E-state index in [2.05, 4.69) is 0 Å². The lowest BCUT2D eigenvalue weighted by molar-refractivity contribution is -0.0366. The molecule has 0 aromatic heterocycles. The van der Waals surface area contributed by atoms with Crippen LogP contribution in [0.1, 0.15) is 20.8 Å². The van der Waals surface area contributed by atoms with Gasteiger partial charge in [0.25, 0.3) is 0 Å². The lowest BCUT2D eigenvalue weighted by atomic mass is 9.67. The summed E-state index contributed by atoms with van der Waals surface area (Å²) in [5.41, 5.74) is 2.47. The molecule has 8 heteroatoms. The average Bonchev–Trinajstić information content (AvgIpc) is 2.09. The summed E-state index contributed by atoms with van der Waals surface area (Å²) >= 11 is 0. The Morgan fingerprint density at radius 3 is 2.19 bits per heavy atom. The number of nitrogens with zero attached hydrogens (tertiary/aromatic N) is 1. The molecule has 1 aliphatic heterocycles. The van der Waals surface area contributed by atoms with Gasteiger partial charge in [0.2, 0.25) is 0 Å². The summed E-state index contributed by atoms with van der Waals surface area (Å²) in [6.45, 7) is 4.13. The number of rotatable bonds is 2. The molecule has 2 atom stereocenters. The lowest BCUT2D eigenvalue weighted by Crippen LogP contribution is -2.83. The Hall–Kier alpha value is -0.920. The molecule has 1 heterocycles. The SMILES string of the molecule is CC(O)C1(N)C(=C=O)N(S(=O)(=O)O)C1(C)C. The van der Waals surface area contributed by atoms with Gasteiger partial charge in [-0.15, -0.1) is 0 Å². The minimum atomic E-state index is -4.60. The number of aliphatic hydroxyl groups is 1. The smallest absolute Gasteiger partial charge is 0.360 e. The monoisotopic (exact) mass is 250 g/mol. The molecule has 16 heavy (non-hydrogen) atoms. The minimum absolute atomic E-state index is 0.458. The Bertz CT molecular complexity index is 463. The molecule has 4 N–H and O–H groups in total. The van der Waals surface area contributed by atoms with Crippen molar-refractivity contribution in [3.63, 3.8) is 0 Å². The van der Waals surface area contributed by atoms with Gasteiger partial charge in [0, 0.05) is 0 Å². The number of hydrogen-bond donors (Lipinski definition) is 3. The molecule has 0 aromatic rings. The van der Waals surface area contributed by atoms with Crippen molar-refractivity contribution in [2.75, 3.05) is 0 Å². The number of aliphatic hydroxyl groups excluding tert-OH is 1. The second kappa shape index (κ2) is 3.28. The zero-order valence-electron chi connectivity index (χ0n) is 9.13. The number of nitrogens with two attached hydrogens (primary N) is 1. The highest BCUT2D eigenvalue weighted by molar-refractivity contribution is 7.83. The first kappa shape index (κ1) is 13.1. The fourth-order valence-corrected chi connectivity index (χ4v) is 3.24. The van der Waals surface area contributed by atoms with E-state index in [1.807, 2.05) is 0 Å². The van der Waals surface area contributed by atoms with Crippen molar-refractivity contribution in [3.05, 3.63) is 5.70 Å². The van der Waals surface area contributed by atoms with E-state index in [0.29, 0.717) is 4.31 Å². The molecule has 0 bridgehead atoms. The molecule has 1 rings (SSSR count). The van der Waals surface area contributed by atoms with E-state index in [4.69, 9.17) is 10.3 Å². The van der Waals surface area contributed by atoms with E-state index >= 15 is 0 Å². The predicted molar refractivity (Wildman–Crippen MR) is 55.3 cm³/mol. The first-order valence-corrected chi connectivity index (χ1v) is 5.91. The third-order valence-electron chi connectivity index (χ3n) is 3.10. The summed E-state index contributed by atoms with van der Waals surface area (Å²) in [5.74, 6) is 1.35. The van der Waals surface area contributed by atoms with Crippen LogP contribution in [0.4, 0.5) is 0 Å². The summed E-state index contributed by atoms with van der Waals surface area (Å²) in [5, 5.41) is 9.52. The van der Waals surface area contributed by atoms with E-state index in [0.717, 1.165) is 0 Å². The van der Waals surface area contributed by atoms with Crippen LogP contribution >= 0.6 is 0 Å². The fraction of sp³-hybridized carbons (Fsp3) is 0.750. The van der Waals surface area contributed by atoms with Gasteiger partial charge in [-0.25, -0.2) is 9.10 Å². The first-order valence-electron chi connectivity index (χ1n) is 4.51. The molecular formula is C8H14N2O5S. The Morgan fingerprint density at radius 2 is 1.94 bits per heavy atom. The van der Waals surface area contributed by atoms with Crippen LogP contribution in [0.3, 0.4) is 0 Å². The number of hydrogen-bond acceptors (Lipinski definition) is 5. The lowest BCUT2D eigenvalue weighted by Gasteiger charge is -2.61. The molecular weight excluding hydrogens is 236 g/mol. The Morgan fingerprint density at radius 1 is 1.50 bits per heavy atom. The largest absolute Gasteiger partial charge is 0.391 e. The highest BCUT2D eigenvalue weighted by atomic mass is 32.2. The molecule has 1 aliphatic rings. The Labute approximate surface area is 93.4 Å². The molecule has 1 saturated heterocycles. The standard InChI is InChI=1S/C8H14N2O5S/c1-5(12)8(9)6(4-11)10(7(8,2)3)16(13,14)15/h5,12H,9H2,1-3H3,(H,13,14,15). The molecule has 0 amide bonds. The first-order chi connectivity index (χ1) is 7.01. The molecule has 1 fully saturated rings. The van der Waals surface area contributed by atoms with Crippen LogP contribution in [0.2, 0.25) is 0 Å².